The molecule has 0 aliphatic rings. The molecule has 0 aliphatic heterocycles. The second kappa shape index (κ2) is 10.8. The summed E-state index contributed by atoms with van der Waals surface area (Å²) in [6.07, 6.45) is 2.41. The molecule has 3 N–H and O–H groups in total. The molecule has 0 aliphatic carbocycles. The average molecular weight is 501 g/mol. The summed E-state index contributed by atoms with van der Waals surface area (Å²) in [5.74, 6) is -2.21. The van der Waals surface area contributed by atoms with Crippen LogP contribution in [0.3, 0.4) is 0 Å². The van der Waals surface area contributed by atoms with E-state index in [2.05, 4.69) is 15.8 Å². The molecular formula is C23H21FN4O6S. The molecule has 3 aromatic rings. The van der Waals surface area contributed by atoms with Gasteiger partial charge in [0.2, 0.25) is 5.09 Å². The molecule has 3 rings (SSSR count). The van der Waals surface area contributed by atoms with Crippen molar-refractivity contribution in [3.8, 4) is 0 Å². The topological polar surface area (TPSA) is 141 Å². The Hall–Kier alpha value is -4.29. The number of nitrogens with zero attached hydrogens (tertiary/aromatic N) is 2. The summed E-state index contributed by atoms with van der Waals surface area (Å²) < 4.78 is 49.5. The average Bonchev–Trinajstić information content (AvgIpc) is 3.28. The molecule has 0 saturated heterocycles. The van der Waals surface area contributed by atoms with Gasteiger partial charge in [-0.3, -0.25) is 14.1 Å². The minimum atomic E-state index is -4.52. The van der Waals surface area contributed by atoms with Crippen molar-refractivity contribution in [3.05, 3.63) is 89.1 Å². The highest BCUT2D eigenvalue weighted by atomic mass is 32.2. The Kier molecular flexibility index (Phi) is 7.79. The Bertz CT molecular complexity index is 1400. The summed E-state index contributed by atoms with van der Waals surface area (Å²) in [5, 5.41) is 5.43. The van der Waals surface area contributed by atoms with Crippen LogP contribution in [0, 0.1) is 5.82 Å². The predicted octanol–water partition coefficient (Wildman–Crippen LogP) is 2.65. The van der Waals surface area contributed by atoms with E-state index in [0.29, 0.717) is 5.56 Å². The molecule has 0 atom stereocenters. The number of anilines is 1. The molecule has 12 heteroatoms. The molecule has 0 saturated carbocycles. The number of nitrogens with one attached hydrogen (secondary N) is 2. The van der Waals surface area contributed by atoms with Gasteiger partial charge in [-0.25, -0.2) is 9.82 Å². The molecule has 1 aromatic heterocycles. The van der Waals surface area contributed by atoms with E-state index in [-0.39, 0.29) is 17.0 Å². The van der Waals surface area contributed by atoms with Crippen LogP contribution in [0.25, 0.3) is 6.08 Å². The van der Waals surface area contributed by atoms with Gasteiger partial charge in [0.05, 0.1) is 6.21 Å². The minimum absolute atomic E-state index is 0.00323. The Morgan fingerprint density at radius 2 is 1.80 bits per heavy atom. The summed E-state index contributed by atoms with van der Waals surface area (Å²) in [6.45, 7) is 0. The molecule has 1 heterocycles. The van der Waals surface area contributed by atoms with Crippen molar-refractivity contribution in [3.63, 3.8) is 0 Å². The number of carbonyl (C=O) groups is 2. The van der Waals surface area contributed by atoms with Crippen LogP contribution in [0.4, 0.5) is 10.1 Å². The van der Waals surface area contributed by atoms with Gasteiger partial charge in [-0.05, 0) is 54.1 Å². The summed E-state index contributed by atoms with van der Waals surface area (Å²) >= 11 is 0. The number of furan rings is 1. The number of amides is 2. The first-order chi connectivity index (χ1) is 16.5. The van der Waals surface area contributed by atoms with Crippen LogP contribution in [0.5, 0.6) is 0 Å². The Labute approximate surface area is 200 Å². The number of carbonyl (C=O) groups excluding carboxylic acids is 2. The zero-order valence-electron chi connectivity index (χ0n) is 18.6. The molecule has 10 nitrogen and oxygen atoms in total. The van der Waals surface area contributed by atoms with Gasteiger partial charge in [0.15, 0.2) is 0 Å². The summed E-state index contributed by atoms with van der Waals surface area (Å²) in [7, 11) is -0.777. The Balaban J connectivity index is 1.82. The van der Waals surface area contributed by atoms with Gasteiger partial charge in [0.1, 0.15) is 17.3 Å². The molecule has 0 radical (unpaired) electrons. The largest absolute Gasteiger partial charge is 0.441 e. The van der Waals surface area contributed by atoms with E-state index in [1.165, 1.54) is 30.3 Å². The number of hydrazone groups is 1. The second-order valence-corrected chi connectivity index (χ2v) is 8.69. The molecule has 2 aromatic carbocycles. The Morgan fingerprint density at radius 3 is 2.40 bits per heavy atom. The van der Waals surface area contributed by atoms with Crippen LogP contribution in [-0.4, -0.2) is 45.1 Å². The van der Waals surface area contributed by atoms with Gasteiger partial charge < -0.3 is 14.6 Å². The molecule has 0 unspecified atom stereocenters. The van der Waals surface area contributed by atoms with E-state index in [4.69, 9.17) is 8.97 Å². The van der Waals surface area contributed by atoms with Gasteiger partial charge in [-0.1, -0.05) is 18.2 Å². The van der Waals surface area contributed by atoms with E-state index in [9.17, 15) is 22.4 Å². The van der Waals surface area contributed by atoms with Gasteiger partial charge in [-0.15, -0.1) is 0 Å². The standard InChI is InChI=1S/C23H21FN4O6S/c1-28(2)18-8-6-15(7-9-18)12-20(26-22(29)16-4-3-5-17(24)13-16)23(30)27-25-14-19-10-11-21(34-19)35(31,32)33/h3-14H,1-2H3,(H,26,29)(H,27,30)(H,31,32,33)/b20-12+,25-14-. The van der Waals surface area contributed by atoms with Gasteiger partial charge >= 0.3 is 10.1 Å². The van der Waals surface area contributed by atoms with Crippen LogP contribution < -0.4 is 15.6 Å². The van der Waals surface area contributed by atoms with Gasteiger partial charge in [0, 0.05) is 25.3 Å². The fourth-order valence-corrected chi connectivity index (χ4v) is 3.22. The van der Waals surface area contributed by atoms with Crippen molar-refractivity contribution in [1.29, 1.82) is 0 Å². The quantitative estimate of drug-likeness (QED) is 0.187. The normalized spacial score (nSPS) is 11.9. The van der Waals surface area contributed by atoms with Crippen LogP contribution in [0.2, 0.25) is 0 Å². The van der Waals surface area contributed by atoms with Crippen molar-refractivity contribution in [2.45, 2.75) is 5.09 Å². The first-order valence-electron chi connectivity index (χ1n) is 9.99. The summed E-state index contributed by atoms with van der Waals surface area (Å²) in [4.78, 5) is 27.2. The number of hydrogen-bond acceptors (Lipinski definition) is 7. The maximum atomic E-state index is 13.5. The lowest BCUT2D eigenvalue weighted by atomic mass is 10.1. The lowest BCUT2D eigenvalue weighted by Gasteiger charge is -2.12. The van der Waals surface area contributed by atoms with Gasteiger partial charge in [-0.2, -0.15) is 13.5 Å². The zero-order chi connectivity index (χ0) is 25.6. The van der Waals surface area contributed by atoms with Crippen molar-refractivity contribution in [2.75, 3.05) is 19.0 Å². The third kappa shape index (κ3) is 7.09. The van der Waals surface area contributed by atoms with E-state index in [1.54, 1.807) is 12.1 Å². The van der Waals surface area contributed by atoms with Gasteiger partial charge in [0.25, 0.3) is 11.8 Å². The molecule has 35 heavy (non-hydrogen) atoms. The van der Waals surface area contributed by atoms with Crippen molar-refractivity contribution in [1.82, 2.24) is 10.7 Å². The molecule has 182 valence electrons. The second-order valence-electron chi connectivity index (χ2n) is 7.34. The molecular weight excluding hydrogens is 479 g/mol. The molecule has 0 spiro atoms. The van der Waals surface area contributed by atoms with Crippen LogP contribution >= 0.6 is 0 Å². The van der Waals surface area contributed by atoms with Crippen LogP contribution in [0.1, 0.15) is 21.7 Å². The molecule has 2 amide bonds. The van der Waals surface area contributed by atoms with E-state index in [1.807, 2.05) is 31.1 Å². The van der Waals surface area contributed by atoms with E-state index in [0.717, 1.165) is 24.0 Å². The molecule has 0 bridgehead atoms. The maximum absolute atomic E-state index is 13.5. The highest BCUT2D eigenvalue weighted by molar-refractivity contribution is 7.85. The fraction of sp³-hybridized carbons (Fsp3) is 0.0870. The third-order valence-electron chi connectivity index (χ3n) is 4.51. The van der Waals surface area contributed by atoms with Crippen molar-refractivity contribution in [2.24, 2.45) is 5.10 Å². The van der Waals surface area contributed by atoms with Crippen molar-refractivity contribution < 1.29 is 31.4 Å². The first-order valence-corrected chi connectivity index (χ1v) is 11.4. The van der Waals surface area contributed by atoms with Crippen LogP contribution in [-0.2, 0) is 14.9 Å². The van der Waals surface area contributed by atoms with E-state index >= 15 is 0 Å². The van der Waals surface area contributed by atoms with Crippen LogP contribution in [0.15, 0.2) is 81.0 Å². The summed E-state index contributed by atoms with van der Waals surface area (Å²) in [5.41, 5.74) is 3.52. The zero-order valence-corrected chi connectivity index (χ0v) is 19.4. The highest BCUT2D eigenvalue weighted by Crippen LogP contribution is 2.15. The first kappa shape index (κ1) is 25.3. The predicted molar refractivity (Wildman–Crippen MR) is 127 cm³/mol. The monoisotopic (exact) mass is 500 g/mol. The SMILES string of the molecule is CN(C)c1ccc(/C=C(/NC(=O)c2cccc(F)c2)C(=O)N/N=C\c2ccc(S(=O)(=O)O)o2)cc1. The number of benzene rings is 2. The third-order valence-corrected chi connectivity index (χ3v) is 5.24. The Morgan fingerprint density at radius 1 is 1.09 bits per heavy atom. The number of rotatable bonds is 8. The smallest absolute Gasteiger partial charge is 0.328 e. The lowest BCUT2D eigenvalue weighted by molar-refractivity contribution is -0.117. The minimum Gasteiger partial charge on any atom is -0.441 e. The molecule has 0 fully saturated rings. The fourth-order valence-electron chi connectivity index (χ4n) is 2.78. The van der Waals surface area contributed by atoms with Crippen molar-refractivity contribution >= 4 is 39.9 Å². The number of hydrogen-bond donors (Lipinski definition) is 3. The van der Waals surface area contributed by atoms with E-state index < -0.39 is 32.8 Å². The summed E-state index contributed by atoms with van der Waals surface area (Å²) in [6, 6.07) is 14.3. The number of halogens is 1. The highest BCUT2D eigenvalue weighted by Gasteiger charge is 2.16. The maximum Gasteiger partial charge on any atom is 0.328 e. The lowest BCUT2D eigenvalue weighted by Crippen LogP contribution is -2.32.